The number of nitrogens with zero attached hydrogens (tertiary/aromatic N) is 1. The van der Waals surface area contributed by atoms with Crippen LogP contribution < -0.4 is 5.73 Å². The maximum Gasteiger partial charge on any atom is 0.337 e. The van der Waals surface area contributed by atoms with Gasteiger partial charge in [0.25, 0.3) is 5.91 Å². The van der Waals surface area contributed by atoms with E-state index in [0.29, 0.717) is 11.1 Å². The molecule has 0 atom stereocenters. The zero-order valence-electron chi connectivity index (χ0n) is 21.8. The normalized spacial score (nSPS) is 11.1. The largest absolute Gasteiger partial charge is 0.465 e. The van der Waals surface area contributed by atoms with Crippen LogP contribution in [0, 0.1) is 6.92 Å². The van der Waals surface area contributed by atoms with Crippen LogP contribution in [0.25, 0.3) is 11.1 Å². The summed E-state index contributed by atoms with van der Waals surface area (Å²) in [6, 6.07) is 7.29. The fourth-order valence-corrected chi connectivity index (χ4v) is 4.79. The molecule has 0 unspecified atom stereocenters. The van der Waals surface area contributed by atoms with Crippen LogP contribution in [0.2, 0.25) is 0 Å². The Labute approximate surface area is 206 Å². The van der Waals surface area contributed by atoms with Gasteiger partial charge in [0.15, 0.2) is 0 Å². The monoisotopic (exact) mass is 468 g/mol. The number of benzene rings is 1. The van der Waals surface area contributed by atoms with Gasteiger partial charge >= 0.3 is 5.97 Å². The first kappa shape index (κ1) is 27.7. The lowest BCUT2D eigenvalue weighted by Gasteiger charge is -2.13. The molecule has 1 aromatic carbocycles. The highest BCUT2D eigenvalue weighted by molar-refractivity contribution is 6.02. The van der Waals surface area contributed by atoms with Crippen LogP contribution >= 0.6 is 0 Å². The maximum absolute atomic E-state index is 12.5. The molecule has 1 heterocycles. The van der Waals surface area contributed by atoms with Gasteiger partial charge in [0.2, 0.25) is 0 Å². The lowest BCUT2D eigenvalue weighted by molar-refractivity contribution is 0.0600. The van der Waals surface area contributed by atoms with Crippen LogP contribution in [0.4, 0.5) is 0 Å². The fourth-order valence-electron chi connectivity index (χ4n) is 4.79. The molecule has 34 heavy (non-hydrogen) atoms. The van der Waals surface area contributed by atoms with Crippen LogP contribution in [0.5, 0.6) is 0 Å². The van der Waals surface area contributed by atoms with E-state index in [-0.39, 0.29) is 5.97 Å². The molecule has 0 bridgehead atoms. The number of hydrogen-bond donors (Lipinski definition) is 1. The van der Waals surface area contributed by atoms with Gasteiger partial charge in [-0.05, 0) is 43.9 Å². The smallest absolute Gasteiger partial charge is 0.337 e. The van der Waals surface area contributed by atoms with Crippen LogP contribution in [-0.2, 0) is 17.7 Å². The van der Waals surface area contributed by atoms with E-state index >= 15 is 0 Å². The first-order chi connectivity index (χ1) is 16.5. The quantitative estimate of drug-likeness (QED) is 0.209. The number of amides is 1. The number of ether oxygens (including phenoxy) is 1. The minimum Gasteiger partial charge on any atom is -0.465 e. The molecule has 5 heteroatoms. The summed E-state index contributed by atoms with van der Waals surface area (Å²) in [4.78, 5) is 24.4. The summed E-state index contributed by atoms with van der Waals surface area (Å²) in [5.74, 6) is -0.764. The molecule has 0 aliphatic carbocycles. The third kappa shape index (κ3) is 7.48. The van der Waals surface area contributed by atoms with Crippen molar-refractivity contribution in [3.8, 4) is 11.1 Å². The van der Waals surface area contributed by atoms with Crippen LogP contribution in [-0.4, -0.2) is 23.6 Å². The van der Waals surface area contributed by atoms with Gasteiger partial charge in [0.1, 0.15) is 0 Å². The Kier molecular flexibility index (Phi) is 11.9. The topological polar surface area (TPSA) is 74.3 Å². The number of aromatic nitrogens is 1. The Morgan fingerprint density at radius 1 is 0.853 bits per heavy atom. The lowest BCUT2D eigenvalue weighted by atomic mass is 9.96. The van der Waals surface area contributed by atoms with Crippen molar-refractivity contribution in [2.45, 2.75) is 104 Å². The van der Waals surface area contributed by atoms with Crippen molar-refractivity contribution in [2.75, 3.05) is 7.11 Å². The Bertz CT molecular complexity index is 912. The molecule has 0 saturated carbocycles. The van der Waals surface area contributed by atoms with E-state index in [1.165, 1.54) is 64.2 Å². The molecule has 5 nitrogen and oxygen atoms in total. The second-order valence-corrected chi connectivity index (χ2v) is 9.30. The highest BCUT2D eigenvalue weighted by Crippen LogP contribution is 2.34. The van der Waals surface area contributed by atoms with Crippen molar-refractivity contribution in [3.63, 3.8) is 0 Å². The van der Waals surface area contributed by atoms with E-state index in [2.05, 4.69) is 18.4 Å². The number of unbranched alkanes of at least 4 members (excludes halogenated alkanes) is 9. The molecule has 1 amide bonds. The van der Waals surface area contributed by atoms with E-state index < -0.39 is 5.91 Å². The van der Waals surface area contributed by atoms with Crippen LogP contribution in [0.3, 0.4) is 0 Å². The van der Waals surface area contributed by atoms with Gasteiger partial charge in [-0.3, -0.25) is 4.79 Å². The molecule has 188 valence electrons. The Morgan fingerprint density at radius 3 is 1.94 bits per heavy atom. The van der Waals surface area contributed by atoms with Crippen molar-refractivity contribution < 1.29 is 14.3 Å². The van der Waals surface area contributed by atoms with Crippen molar-refractivity contribution in [1.82, 2.24) is 4.57 Å². The summed E-state index contributed by atoms with van der Waals surface area (Å²) in [6.45, 7) is 7.35. The lowest BCUT2D eigenvalue weighted by Crippen LogP contribution is -2.13. The molecular formula is C29H44N2O3. The number of carbonyl (C=O) groups excluding carboxylic acids is 2. The second-order valence-electron chi connectivity index (χ2n) is 9.30. The summed E-state index contributed by atoms with van der Waals surface area (Å²) in [6.07, 6.45) is 14.6. The number of methoxy groups -OCH3 is 1. The van der Waals surface area contributed by atoms with Gasteiger partial charge < -0.3 is 15.0 Å². The second kappa shape index (κ2) is 14.6. The molecule has 0 radical (unpaired) electrons. The van der Waals surface area contributed by atoms with Gasteiger partial charge in [0, 0.05) is 23.5 Å². The SMILES string of the molecule is CCCCCCCCCCCn1c(C)c(C(N)=O)c(-c2ccc(C(=O)OC)cc2)c1CCCC. The maximum atomic E-state index is 12.5. The minimum absolute atomic E-state index is 0.369. The van der Waals surface area contributed by atoms with Crippen LogP contribution in [0.15, 0.2) is 24.3 Å². The Morgan fingerprint density at radius 2 is 1.41 bits per heavy atom. The number of primary amides is 1. The summed E-state index contributed by atoms with van der Waals surface area (Å²) in [7, 11) is 1.38. The molecule has 0 aliphatic rings. The number of carbonyl (C=O) groups is 2. The van der Waals surface area contributed by atoms with Gasteiger partial charge in [0.05, 0.1) is 18.2 Å². The molecule has 2 N–H and O–H groups in total. The van der Waals surface area contributed by atoms with Crippen molar-refractivity contribution in [2.24, 2.45) is 5.73 Å². The number of nitrogens with two attached hydrogens (primary N) is 1. The minimum atomic E-state index is -0.395. The number of rotatable bonds is 16. The number of hydrogen-bond acceptors (Lipinski definition) is 3. The molecule has 0 fully saturated rings. The average Bonchev–Trinajstić information content (AvgIpc) is 3.12. The average molecular weight is 469 g/mol. The van der Waals surface area contributed by atoms with E-state index in [9.17, 15) is 9.59 Å². The molecule has 1 aromatic heterocycles. The highest BCUT2D eigenvalue weighted by Gasteiger charge is 2.24. The predicted octanol–water partition coefficient (Wildman–Crippen LogP) is 7.22. The highest BCUT2D eigenvalue weighted by atomic mass is 16.5. The molecular weight excluding hydrogens is 424 g/mol. The third-order valence-electron chi connectivity index (χ3n) is 6.72. The third-order valence-corrected chi connectivity index (χ3v) is 6.72. The van der Waals surface area contributed by atoms with Gasteiger partial charge in [-0.1, -0.05) is 83.8 Å². The van der Waals surface area contributed by atoms with E-state index in [1.807, 2.05) is 19.1 Å². The van der Waals surface area contributed by atoms with E-state index in [1.54, 1.807) is 12.1 Å². The summed E-state index contributed by atoms with van der Waals surface area (Å²) in [5, 5.41) is 0. The predicted molar refractivity (Wildman–Crippen MR) is 140 cm³/mol. The first-order valence-electron chi connectivity index (χ1n) is 13.2. The van der Waals surface area contributed by atoms with E-state index in [0.717, 1.165) is 49.0 Å². The van der Waals surface area contributed by atoms with Gasteiger partial charge in [-0.25, -0.2) is 4.79 Å². The molecule has 0 aliphatic heterocycles. The van der Waals surface area contributed by atoms with Crippen molar-refractivity contribution in [1.29, 1.82) is 0 Å². The zero-order chi connectivity index (χ0) is 24.9. The van der Waals surface area contributed by atoms with E-state index in [4.69, 9.17) is 10.5 Å². The Balaban J connectivity index is 2.22. The van der Waals surface area contributed by atoms with Gasteiger partial charge in [-0.2, -0.15) is 0 Å². The molecule has 2 aromatic rings. The van der Waals surface area contributed by atoms with Crippen molar-refractivity contribution in [3.05, 3.63) is 46.8 Å². The molecule has 0 spiro atoms. The molecule has 2 rings (SSSR count). The Hall–Kier alpha value is -2.56. The van der Waals surface area contributed by atoms with Crippen LogP contribution in [0.1, 0.15) is 117 Å². The number of esters is 1. The summed E-state index contributed by atoms with van der Waals surface area (Å²) >= 11 is 0. The summed E-state index contributed by atoms with van der Waals surface area (Å²) in [5.41, 5.74) is 10.9. The standard InChI is InChI=1S/C29H44N2O3/c1-5-7-9-10-11-12-13-14-15-21-31-22(3)26(28(30)32)27(25(31)16-8-6-2)23-17-19-24(20-18-23)29(33)34-4/h17-20H,5-16,21H2,1-4H3,(H2,30,32). The zero-order valence-corrected chi connectivity index (χ0v) is 21.8. The summed E-state index contributed by atoms with van der Waals surface area (Å²) < 4.78 is 7.14. The first-order valence-corrected chi connectivity index (χ1v) is 13.2. The fraction of sp³-hybridized carbons (Fsp3) is 0.586. The van der Waals surface area contributed by atoms with Gasteiger partial charge in [-0.15, -0.1) is 0 Å². The molecule has 0 saturated heterocycles. The van der Waals surface area contributed by atoms with Crippen molar-refractivity contribution >= 4 is 11.9 Å².